The number of rotatable bonds is 8. The second-order valence-electron chi connectivity index (χ2n) is 4.51. The summed E-state index contributed by atoms with van der Waals surface area (Å²) in [5.41, 5.74) is 11.9. The molecule has 104 valence electrons. The van der Waals surface area contributed by atoms with Crippen LogP contribution in [0.5, 0.6) is 0 Å². The molecule has 1 unspecified atom stereocenters. The zero-order valence-corrected chi connectivity index (χ0v) is 11.0. The molecule has 0 aliphatic heterocycles. The van der Waals surface area contributed by atoms with Gasteiger partial charge in [-0.25, -0.2) is 0 Å². The average Bonchev–Trinajstić information content (AvgIpc) is 2.38. The number of hydrogen-bond acceptors (Lipinski definition) is 3. The van der Waals surface area contributed by atoms with Crippen molar-refractivity contribution in [2.75, 3.05) is 6.54 Å². The Kier molecular flexibility index (Phi) is 6.60. The Bertz CT molecular complexity index is 406. The fourth-order valence-electron chi connectivity index (χ4n) is 1.73. The highest BCUT2D eigenvalue weighted by Gasteiger charge is 2.12. The van der Waals surface area contributed by atoms with Gasteiger partial charge in [0.1, 0.15) is 0 Å². The van der Waals surface area contributed by atoms with E-state index in [9.17, 15) is 9.59 Å². The van der Waals surface area contributed by atoms with E-state index in [0.29, 0.717) is 25.8 Å². The van der Waals surface area contributed by atoms with E-state index in [1.807, 2.05) is 30.3 Å². The molecule has 0 aliphatic rings. The number of benzene rings is 1. The lowest BCUT2D eigenvalue weighted by atomic mass is 10.1. The third-order valence-corrected chi connectivity index (χ3v) is 2.78. The van der Waals surface area contributed by atoms with E-state index in [0.717, 1.165) is 12.0 Å². The molecule has 0 spiro atoms. The molecule has 0 radical (unpaired) electrons. The van der Waals surface area contributed by atoms with Gasteiger partial charge >= 0.3 is 0 Å². The number of carbonyl (C=O) groups excluding carboxylic acids is 2. The van der Waals surface area contributed by atoms with Gasteiger partial charge in [-0.1, -0.05) is 30.3 Å². The molecule has 0 saturated carbocycles. The number of hydrogen-bond donors (Lipinski definition) is 3. The quantitative estimate of drug-likeness (QED) is 0.589. The molecule has 0 fully saturated rings. The number of unbranched alkanes of at least 4 members (excludes halogenated alkanes) is 1. The second kappa shape index (κ2) is 8.26. The first kappa shape index (κ1) is 15.2. The average molecular weight is 263 g/mol. The van der Waals surface area contributed by atoms with Crippen molar-refractivity contribution in [3.63, 3.8) is 0 Å². The van der Waals surface area contributed by atoms with Crippen molar-refractivity contribution in [1.29, 1.82) is 0 Å². The van der Waals surface area contributed by atoms with E-state index in [4.69, 9.17) is 11.5 Å². The van der Waals surface area contributed by atoms with Crippen LogP contribution in [0.3, 0.4) is 0 Å². The number of amides is 2. The molecular formula is C14H21N3O2. The van der Waals surface area contributed by atoms with Crippen LogP contribution >= 0.6 is 0 Å². The Morgan fingerprint density at radius 2 is 1.84 bits per heavy atom. The largest absolute Gasteiger partial charge is 0.370 e. The normalized spacial score (nSPS) is 11.8. The Hall–Kier alpha value is -1.88. The maximum Gasteiger partial charge on any atom is 0.237 e. The van der Waals surface area contributed by atoms with E-state index in [1.54, 1.807) is 0 Å². The molecule has 0 saturated heterocycles. The van der Waals surface area contributed by atoms with Crippen LogP contribution in [0.1, 0.15) is 24.8 Å². The van der Waals surface area contributed by atoms with Crippen LogP contribution < -0.4 is 16.8 Å². The van der Waals surface area contributed by atoms with Crippen LogP contribution in [0.15, 0.2) is 30.3 Å². The molecule has 1 aromatic carbocycles. The standard InChI is InChI=1S/C14H21N3O2/c15-12(10-11-6-2-1-3-7-11)14(19)17-9-5-4-8-13(16)18/h1-3,6-7,12H,4-5,8-10,15H2,(H2,16,18)(H,17,19). The van der Waals surface area contributed by atoms with Crippen molar-refractivity contribution in [2.24, 2.45) is 11.5 Å². The Morgan fingerprint density at radius 3 is 2.47 bits per heavy atom. The summed E-state index contributed by atoms with van der Waals surface area (Å²) in [7, 11) is 0. The number of carbonyl (C=O) groups is 2. The minimum absolute atomic E-state index is 0.164. The first-order valence-corrected chi connectivity index (χ1v) is 6.45. The molecule has 1 atom stereocenters. The molecular weight excluding hydrogens is 242 g/mol. The second-order valence-corrected chi connectivity index (χ2v) is 4.51. The van der Waals surface area contributed by atoms with E-state index in [2.05, 4.69) is 5.32 Å². The Labute approximate surface area is 113 Å². The number of primary amides is 1. The minimum Gasteiger partial charge on any atom is -0.370 e. The van der Waals surface area contributed by atoms with Crippen molar-refractivity contribution in [1.82, 2.24) is 5.32 Å². The van der Waals surface area contributed by atoms with Crippen LogP contribution in [-0.4, -0.2) is 24.4 Å². The van der Waals surface area contributed by atoms with Crippen molar-refractivity contribution in [3.05, 3.63) is 35.9 Å². The topological polar surface area (TPSA) is 98.2 Å². The van der Waals surface area contributed by atoms with Crippen molar-refractivity contribution in [2.45, 2.75) is 31.7 Å². The SMILES string of the molecule is NC(=O)CCCCNC(=O)C(N)Cc1ccccc1. The molecule has 1 rings (SSSR count). The van der Waals surface area contributed by atoms with Crippen LogP contribution in [0.4, 0.5) is 0 Å². The fraction of sp³-hybridized carbons (Fsp3) is 0.429. The lowest BCUT2D eigenvalue weighted by Crippen LogP contribution is -2.42. The summed E-state index contributed by atoms with van der Waals surface area (Å²) in [6, 6.07) is 9.11. The third kappa shape index (κ3) is 6.57. The molecule has 1 aromatic rings. The van der Waals surface area contributed by atoms with Gasteiger partial charge in [0, 0.05) is 13.0 Å². The van der Waals surface area contributed by atoms with E-state index in [-0.39, 0.29) is 11.8 Å². The summed E-state index contributed by atoms with van der Waals surface area (Å²) in [5.74, 6) is -0.477. The van der Waals surface area contributed by atoms with Gasteiger partial charge in [-0.15, -0.1) is 0 Å². The molecule has 0 aromatic heterocycles. The van der Waals surface area contributed by atoms with Crippen LogP contribution in [0.25, 0.3) is 0 Å². The minimum atomic E-state index is -0.543. The summed E-state index contributed by atoms with van der Waals surface area (Å²) in [4.78, 5) is 22.2. The van der Waals surface area contributed by atoms with Crippen LogP contribution in [0, 0.1) is 0 Å². The predicted molar refractivity (Wildman–Crippen MR) is 74.2 cm³/mol. The zero-order chi connectivity index (χ0) is 14.1. The van der Waals surface area contributed by atoms with Crippen LogP contribution in [-0.2, 0) is 16.0 Å². The highest BCUT2D eigenvalue weighted by molar-refractivity contribution is 5.81. The van der Waals surface area contributed by atoms with Crippen molar-refractivity contribution < 1.29 is 9.59 Å². The van der Waals surface area contributed by atoms with Gasteiger partial charge in [0.05, 0.1) is 6.04 Å². The summed E-state index contributed by atoms with van der Waals surface area (Å²) in [6.45, 7) is 0.522. The monoisotopic (exact) mass is 263 g/mol. The van der Waals surface area contributed by atoms with Gasteiger partial charge < -0.3 is 16.8 Å². The van der Waals surface area contributed by atoms with E-state index < -0.39 is 6.04 Å². The van der Waals surface area contributed by atoms with Crippen molar-refractivity contribution in [3.8, 4) is 0 Å². The fourth-order valence-corrected chi connectivity index (χ4v) is 1.73. The zero-order valence-electron chi connectivity index (χ0n) is 11.0. The molecule has 5 N–H and O–H groups in total. The third-order valence-electron chi connectivity index (χ3n) is 2.78. The first-order chi connectivity index (χ1) is 9.09. The number of nitrogens with one attached hydrogen (secondary N) is 1. The lowest BCUT2D eigenvalue weighted by molar-refractivity contribution is -0.122. The molecule has 2 amide bonds. The van der Waals surface area contributed by atoms with Gasteiger partial charge in [-0.05, 0) is 24.8 Å². The summed E-state index contributed by atoms with van der Waals surface area (Å²) in [6.07, 6.45) is 2.29. The summed E-state index contributed by atoms with van der Waals surface area (Å²) < 4.78 is 0. The lowest BCUT2D eigenvalue weighted by Gasteiger charge is -2.12. The molecule has 0 heterocycles. The van der Waals surface area contributed by atoms with Gasteiger partial charge in [-0.2, -0.15) is 0 Å². The van der Waals surface area contributed by atoms with Crippen LogP contribution in [0.2, 0.25) is 0 Å². The van der Waals surface area contributed by atoms with E-state index in [1.165, 1.54) is 0 Å². The molecule has 0 bridgehead atoms. The van der Waals surface area contributed by atoms with Gasteiger partial charge in [-0.3, -0.25) is 9.59 Å². The maximum absolute atomic E-state index is 11.7. The van der Waals surface area contributed by atoms with Gasteiger partial charge in [0.15, 0.2) is 0 Å². The Morgan fingerprint density at radius 1 is 1.16 bits per heavy atom. The summed E-state index contributed by atoms with van der Waals surface area (Å²) >= 11 is 0. The van der Waals surface area contributed by atoms with Gasteiger partial charge in [0.2, 0.25) is 11.8 Å². The molecule has 5 heteroatoms. The highest BCUT2D eigenvalue weighted by Crippen LogP contribution is 2.02. The number of nitrogens with two attached hydrogens (primary N) is 2. The van der Waals surface area contributed by atoms with E-state index >= 15 is 0 Å². The molecule has 5 nitrogen and oxygen atoms in total. The first-order valence-electron chi connectivity index (χ1n) is 6.45. The predicted octanol–water partition coefficient (Wildman–Crippen LogP) is 0.328. The molecule has 0 aliphatic carbocycles. The van der Waals surface area contributed by atoms with Gasteiger partial charge in [0.25, 0.3) is 0 Å². The summed E-state index contributed by atoms with van der Waals surface area (Å²) in [5, 5.41) is 2.76. The smallest absolute Gasteiger partial charge is 0.237 e. The Balaban J connectivity index is 2.20. The molecule has 19 heavy (non-hydrogen) atoms. The maximum atomic E-state index is 11.7. The highest BCUT2D eigenvalue weighted by atomic mass is 16.2. The van der Waals surface area contributed by atoms with Crippen molar-refractivity contribution >= 4 is 11.8 Å².